The van der Waals surface area contributed by atoms with E-state index in [9.17, 15) is 14.4 Å². The highest BCUT2D eigenvalue weighted by atomic mass is 16.1. The van der Waals surface area contributed by atoms with Gasteiger partial charge in [-0.2, -0.15) is 0 Å². The molecule has 0 rings (SSSR count). The highest BCUT2D eigenvalue weighted by Gasteiger charge is 2.12. The van der Waals surface area contributed by atoms with Crippen molar-refractivity contribution in [3.05, 3.63) is 0 Å². The van der Waals surface area contributed by atoms with Gasteiger partial charge in [0.2, 0.25) is 17.7 Å². The summed E-state index contributed by atoms with van der Waals surface area (Å²) < 4.78 is 0. The first kappa shape index (κ1) is 23.2. The Morgan fingerprint density at radius 1 is 0.640 bits per heavy atom. The number of nitrogens with two attached hydrogens (primary N) is 4. The highest BCUT2D eigenvalue weighted by molar-refractivity contribution is 5.74. The van der Waals surface area contributed by atoms with Gasteiger partial charge in [0.05, 0.1) is 0 Å². The van der Waals surface area contributed by atoms with Crippen LogP contribution in [0, 0.1) is 0 Å². The van der Waals surface area contributed by atoms with Gasteiger partial charge >= 0.3 is 0 Å². The van der Waals surface area contributed by atoms with Gasteiger partial charge in [0.25, 0.3) is 0 Å². The van der Waals surface area contributed by atoms with Crippen molar-refractivity contribution in [2.75, 3.05) is 58.9 Å². The molecule has 0 spiro atoms. The fourth-order valence-electron chi connectivity index (χ4n) is 2.22. The second-order valence-corrected chi connectivity index (χ2v) is 5.87. The van der Waals surface area contributed by atoms with Crippen LogP contribution >= 0.6 is 0 Å². The number of hydrogen-bond acceptors (Lipinski definition) is 7. The molecule has 0 radical (unpaired) electrons. The zero-order chi connectivity index (χ0) is 19.1. The van der Waals surface area contributed by atoms with Gasteiger partial charge in [0, 0.05) is 78.2 Å². The molecule has 0 bridgehead atoms. The molecule has 0 unspecified atom stereocenters. The largest absolute Gasteiger partial charge is 0.370 e. The van der Waals surface area contributed by atoms with Crippen LogP contribution in [0.1, 0.15) is 19.3 Å². The van der Waals surface area contributed by atoms with Gasteiger partial charge < -0.3 is 38.1 Å². The van der Waals surface area contributed by atoms with Gasteiger partial charge in [0.15, 0.2) is 0 Å². The zero-order valence-electron chi connectivity index (χ0n) is 14.9. The lowest BCUT2D eigenvalue weighted by atomic mass is 10.3. The third-order valence-corrected chi connectivity index (χ3v) is 3.68. The van der Waals surface area contributed by atoms with Gasteiger partial charge in [-0.05, 0) is 0 Å². The number of nitrogens with zero attached hydrogens (tertiary/aromatic N) is 2. The lowest BCUT2D eigenvalue weighted by molar-refractivity contribution is -0.119. The second-order valence-electron chi connectivity index (χ2n) is 5.87. The first-order valence-electron chi connectivity index (χ1n) is 8.55. The lowest BCUT2D eigenvalue weighted by Crippen LogP contribution is -2.42. The summed E-state index contributed by atoms with van der Waals surface area (Å²) in [5.41, 5.74) is 21.0. The molecule has 0 aliphatic carbocycles. The molecule has 3 amide bonds. The average Bonchev–Trinajstić information content (AvgIpc) is 2.54. The Labute approximate surface area is 149 Å². The quantitative estimate of drug-likeness (QED) is 0.170. The van der Waals surface area contributed by atoms with Crippen molar-refractivity contribution in [1.82, 2.24) is 15.1 Å². The first-order chi connectivity index (χ1) is 11.8. The number of nitrogens with one attached hydrogen (secondary N) is 1. The molecular formula is C15H33N7O3. The van der Waals surface area contributed by atoms with Crippen molar-refractivity contribution >= 4 is 17.7 Å². The summed E-state index contributed by atoms with van der Waals surface area (Å²) in [5.74, 6) is -1.12. The molecule has 0 atom stereocenters. The Morgan fingerprint density at radius 3 is 1.40 bits per heavy atom. The normalized spacial score (nSPS) is 11.2. The van der Waals surface area contributed by atoms with Gasteiger partial charge in [-0.15, -0.1) is 0 Å². The van der Waals surface area contributed by atoms with E-state index in [4.69, 9.17) is 22.9 Å². The maximum absolute atomic E-state index is 11.0. The molecule has 0 aromatic carbocycles. The maximum atomic E-state index is 11.0. The van der Waals surface area contributed by atoms with E-state index in [-0.39, 0.29) is 37.0 Å². The molecule has 0 fully saturated rings. The van der Waals surface area contributed by atoms with Crippen molar-refractivity contribution in [1.29, 1.82) is 0 Å². The summed E-state index contributed by atoms with van der Waals surface area (Å²) in [6.45, 7) is 5.59. The number of hydrogen-bond donors (Lipinski definition) is 5. The molecule has 25 heavy (non-hydrogen) atoms. The summed E-state index contributed by atoms with van der Waals surface area (Å²) in [6.07, 6.45) is 0.718. The van der Waals surface area contributed by atoms with Crippen LogP contribution in [0.2, 0.25) is 0 Å². The van der Waals surface area contributed by atoms with Crippen molar-refractivity contribution in [2.24, 2.45) is 22.9 Å². The fraction of sp³-hybridized carbons (Fsp3) is 0.800. The minimum absolute atomic E-state index is 0.220. The molecule has 0 saturated heterocycles. The van der Waals surface area contributed by atoms with Crippen LogP contribution in [0.4, 0.5) is 0 Å². The van der Waals surface area contributed by atoms with Crippen LogP contribution in [0.5, 0.6) is 0 Å². The molecule has 9 N–H and O–H groups in total. The Kier molecular flexibility index (Phi) is 13.6. The summed E-state index contributed by atoms with van der Waals surface area (Å²) in [6, 6.07) is 0. The molecule has 0 aromatic heterocycles. The summed E-state index contributed by atoms with van der Waals surface area (Å²) in [5, 5.41) is 3.20. The van der Waals surface area contributed by atoms with Gasteiger partial charge in [0.1, 0.15) is 0 Å². The standard InChI is InChI=1S/C15H33N7O3/c16-4-5-20-6-10-22(9-3-15(19)25)12-11-21(7-1-13(17)23)8-2-14(18)24/h20H,1-12,16H2,(H2,17,23)(H2,18,24)(H2,19,25). The summed E-state index contributed by atoms with van der Waals surface area (Å²) >= 11 is 0. The van der Waals surface area contributed by atoms with Crippen molar-refractivity contribution < 1.29 is 14.4 Å². The maximum Gasteiger partial charge on any atom is 0.218 e. The van der Waals surface area contributed by atoms with Crippen LogP contribution in [-0.4, -0.2) is 86.4 Å². The van der Waals surface area contributed by atoms with Crippen LogP contribution in [0.25, 0.3) is 0 Å². The predicted molar refractivity (Wildman–Crippen MR) is 96.2 cm³/mol. The van der Waals surface area contributed by atoms with Crippen LogP contribution < -0.4 is 28.3 Å². The van der Waals surface area contributed by atoms with Gasteiger partial charge in [-0.1, -0.05) is 0 Å². The highest BCUT2D eigenvalue weighted by Crippen LogP contribution is 1.98. The Bertz CT molecular complexity index is 389. The van der Waals surface area contributed by atoms with Crippen LogP contribution in [0.15, 0.2) is 0 Å². The van der Waals surface area contributed by atoms with Crippen molar-refractivity contribution in [3.63, 3.8) is 0 Å². The van der Waals surface area contributed by atoms with Crippen molar-refractivity contribution in [2.45, 2.75) is 19.3 Å². The average molecular weight is 359 g/mol. The van der Waals surface area contributed by atoms with Gasteiger partial charge in [-0.3, -0.25) is 14.4 Å². The van der Waals surface area contributed by atoms with E-state index in [1.54, 1.807) is 0 Å². The smallest absolute Gasteiger partial charge is 0.218 e. The molecule has 0 aromatic rings. The topological polar surface area (TPSA) is 174 Å². The Morgan fingerprint density at radius 2 is 1.04 bits per heavy atom. The first-order valence-corrected chi connectivity index (χ1v) is 8.55. The number of rotatable bonds is 17. The van der Waals surface area contributed by atoms with E-state index < -0.39 is 0 Å². The van der Waals surface area contributed by atoms with E-state index in [0.29, 0.717) is 39.3 Å². The number of amides is 3. The Hall–Kier alpha value is -1.75. The molecular weight excluding hydrogens is 326 g/mol. The zero-order valence-corrected chi connectivity index (χ0v) is 14.9. The van der Waals surface area contributed by atoms with E-state index >= 15 is 0 Å². The number of primary amides is 3. The summed E-state index contributed by atoms with van der Waals surface area (Å²) in [4.78, 5) is 37.1. The predicted octanol–water partition coefficient (Wildman–Crippen LogP) is -3.24. The lowest BCUT2D eigenvalue weighted by Gasteiger charge is -2.27. The van der Waals surface area contributed by atoms with Crippen LogP contribution in [-0.2, 0) is 14.4 Å². The molecule has 10 nitrogen and oxygen atoms in total. The van der Waals surface area contributed by atoms with Crippen molar-refractivity contribution in [3.8, 4) is 0 Å². The minimum atomic E-state index is -0.388. The van der Waals surface area contributed by atoms with E-state index in [2.05, 4.69) is 10.2 Å². The second kappa shape index (κ2) is 14.6. The molecule has 0 saturated carbocycles. The third-order valence-electron chi connectivity index (χ3n) is 3.68. The molecule has 146 valence electrons. The van der Waals surface area contributed by atoms with E-state index in [1.165, 1.54) is 0 Å². The Balaban J connectivity index is 4.45. The number of carbonyl (C=O) groups is 3. The van der Waals surface area contributed by atoms with Crippen LogP contribution in [0.3, 0.4) is 0 Å². The van der Waals surface area contributed by atoms with E-state index in [0.717, 1.165) is 19.6 Å². The third kappa shape index (κ3) is 15.5. The molecule has 0 aliphatic heterocycles. The molecule has 0 aliphatic rings. The molecule has 0 heterocycles. The number of carbonyl (C=O) groups excluding carboxylic acids is 3. The monoisotopic (exact) mass is 359 g/mol. The minimum Gasteiger partial charge on any atom is -0.370 e. The van der Waals surface area contributed by atoms with Gasteiger partial charge in [-0.25, -0.2) is 0 Å². The molecule has 10 heteroatoms. The fourth-order valence-corrected chi connectivity index (χ4v) is 2.22. The summed E-state index contributed by atoms with van der Waals surface area (Å²) in [7, 11) is 0. The SMILES string of the molecule is NCCNCCN(CCC(N)=O)CCN(CCC(N)=O)CCC(N)=O. The van der Waals surface area contributed by atoms with E-state index in [1.807, 2.05) is 4.90 Å².